The van der Waals surface area contributed by atoms with Crippen molar-refractivity contribution < 1.29 is 18.7 Å². The van der Waals surface area contributed by atoms with Crippen LogP contribution in [0.4, 0.5) is 10.1 Å². The number of carbonyl (C=O) groups is 2. The summed E-state index contributed by atoms with van der Waals surface area (Å²) < 4.78 is 20.2. The summed E-state index contributed by atoms with van der Waals surface area (Å²) in [6.45, 7) is 3.42. The van der Waals surface area contributed by atoms with Crippen molar-refractivity contribution in [3.05, 3.63) is 64.4 Å². The van der Waals surface area contributed by atoms with Crippen LogP contribution in [0.5, 0.6) is 0 Å². The highest BCUT2D eigenvalue weighted by molar-refractivity contribution is 9.10. The molecule has 2 unspecified atom stereocenters. The van der Waals surface area contributed by atoms with E-state index in [-0.39, 0.29) is 23.7 Å². The Morgan fingerprint density at radius 2 is 1.94 bits per heavy atom. The maximum Gasteiger partial charge on any atom is 0.239 e. The summed E-state index contributed by atoms with van der Waals surface area (Å²) in [6.07, 6.45) is 0.472. The van der Waals surface area contributed by atoms with Gasteiger partial charge in [-0.2, -0.15) is 0 Å². The molecule has 2 atom stereocenters. The monoisotopic (exact) mass is 489 g/mol. The SMILES string of the molecule is O=C(NCC(c1cccc(F)c1)N1CCOCC1)C1CCN(c2cccc(Br)c2)C1=O. The molecular formula is C23H25BrFN3O3. The fraction of sp³-hybridized carbons (Fsp3) is 0.391. The molecule has 0 aromatic heterocycles. The molecule has 0 radical (unpaired) electrons. The van der Waals surface area contributed by atoms with Crippen molar-refractivity contribution in [1.29, 1.82) is 0 Å². The summed E-state index contributed by atoms with van der Waals surface area (Å²) in [5.41, 5.74) is 1.58. The zero-order valence-corrected chi connectivity index (χ0v) is 18.7. The molecule has 2 amide bonds. The first-order valence-electron chi connectivity index (χ1n) is 10.4. The normalized spacial score (nSPS) is 20.6. The molecule has 6 nitrogen and oxygen atoms in total. The lowest BCUT2D eigenvalue weighted by Crippen LogP contribution is -2.45. The highest BCUT2D eigenvalue weighted by Crippen LogP contribution is 2.28. The van der Waals surface area contributed by atoms with Crippen LogP contribution in [0.25, 0.3) is 0 Å². The maximum atomic E-state index is 13.8. The minimum atomic E-state index is -0.711. The zero-order chi connectivity index (χ0) is 21.8. The van der Waals surface area contributed by atoms with Crippen molar-refractivity contribution in [3.8, 4) is 0 Å². The van der Waals surface area contributed by atoms with Gasteiger partial charge in [0.25, 0.3) is 0 Å². The molecule has 31 heavy (non-hydrogen) atoms. The average Bonchev–Trinajstić information content (AvgIpc) is 3.16. The Hall–Kier alpha value is -2.29. The van der Waals surface area contributed by atoms with Crippen LogP contribution in [0.3, 0.4) is 0 Å². The molecular weight excluding hydrogens is 465 g/mol. The van der Waals surface area contributed by atoms with E-state index in [1.807, 2.05) is 30.3 Å². The summed E-state index contributed by atoms with van der Waals surface area (Å²) in [4.78, 5) is 29.6. The van der Waals surface area contributed by atoms with Crippen molar-refractivity contribution in [2.75, 3.05) is 44.3 Å². The van der Waals surface area contributed by atoms with Crippen LogP contribution in [-0.2, 0) is 14.3 Å². The van der Waals surface area contributed by atoms with Gasteiger partial charge in [-0.1, -0.05) is 34.1 Å². The smallest absolute Gasteiger partial charge is 0.239 e. The number of halogens is 2. The lowest BCUT2D eigenvalue weighted by molar-refractivity contribution is -0.132. The van der Waals surface area contributed by atoms with E-state index in [1.54, 1.807) is 11.0 Å². The second-order valence-electron chi connectivity index (χ2n) is 7.78. The molecule has 0 saturated carbocycles. The van der Waals surface area contributed by atoms with Crippen LogP contribution < -0.4 is 10.2 Å². The van der Waals surface area contributed by atoms with Crippen molar-refractivity contribution >= 4 is 33.4 Å². The number of anilines is 1. The van der Waals surface area contributed by atoms with Crippen LogP contribution >= 0.6 is 15.9 Å². The first kappa shape index (κ1) is 21.9. The summed E-state index contributed by atoms with van der Waals surface area (Å²) >= 11 is 3.42. The molecule has 0 spiro atoms. The molecule has 0 aliphatic carbocycles. The minimum absolute atomic E-state index is 0.179. The van der Waals surface area contributed by atoms with Gasteiger partial charge in [0.1, 0.15) is 11.7 Å². The van der Waals surface area contributed by atoms with E-state index in [0.29, 0.717) is 45.8 Å². The number of nitrogens with one attached hydrogen (secondary N) is 1. The van der Waals surface area contributed by atoms with Crippen molar-refractivity contribution in [2.45, 2.75) is 12.5 Å². The molecule has 164 valence electrons. The van der Waals surface area contributed by atoms with Crippen molar-refractivity contribution in [1.82, 2.24) is 10.2 Å². The number of morpholine rings is 1. The molecule has 2 aliphatic heterocycles. The third kappa shape index (κ3) is 5.14. The van der Waals surface area contributed by atoms with E-state index in [0.717, 1.165) is 15.7 Å². The van der Waals surface area contributed by atoms with Crippen LogP contribution in [-0.4, -0.2) is 56.1 Å². The lowest BCUT2D eigenvalue weighted by atomic mass is 10.0. The topological polar surface area (TPSA) is 61.9 Å². The number of benzene rings is 2. The molecule has 1 N–H and O–H groups in total. The van der Waals surface area contributed by atoms with Gasteiger partial charge >= 0.3 is 0 Å². The highest BCUT2D eigenvalue weighted by atomic mass is 79.9. The number of hydrogen-bond acceptors (Lipinski definition) is 4. The fourth-order valence-corrected chi connectivity index (χ4v) is 4.59. The van der Waals surface area contributed by atoms with Gasteiger partial charge in [-0.25, -0.2) is 4.39 Å². The van der Waals surface area contributed by atoms with Gasteiger partial charge < -0.3 is 15.0 Å². The molecule has 4 rings (SSSR count). The van der Waals surface area contributed by atoms with Crippen LogP contribution in [0.2, 0.25) is 0 Å². The fourth-order valence-electron chi connectivity index (χ4n) is 4.20. The molecule has 2 aromatic rings. The average molecular weight is 490 g/mol. The third-order valence-corrected chi connectivity index (χ3v) is 6.32. The number of amides is 2. The molecule has 2 saturated heterocycles. The number of hydrogen-bond donors (Lipinski definition) is 1. The Morgan fingerprint density at radius 1 is 1.16 bits per heavy atom. The van der Waals surface area contributed by atoms with Gasteiger partial charge in [0, 0.05) is 36.3 Å². The van der Waals surface area contributed by atoms with Gasteiger partial charge in [0.2, 0.25) is 11.8 Å². The van der Waals surface area contributed by atoms with Gasteiger partial charge in [0.15, 0.2) is 0 Å². The van der Waals surface area contributed by atoms with E-state index in [2.05, 4.69) is 26.1 Å². The van der Waals surface area contributed by atoms with Crippen LogP contribution in [0.15, 0.2) is 53.0 Å². The standard InChI is InChI=1S/C23H25BrFN3O3/c24-17-4-2-6-19(14-17)28-8-7-20(23(28)30)22(29)26-15-21(27-9-11-31-12-10-27)16-3-1-5-18(25)13-16/h1-6,13-14,20-21H,7-12,15H2,(H,26,29). The predicted octanol–water partition coefficient (Wildman–Crippen LogP) is 3.13. The summed E-state index contributed by atoms with van der Waals surface area (Å²) in [5, 5.41) is 2.95. The van der Waals surface area contributed by atoms with Gasteiger partial charge in [-0.15, -0.1) is 0 Å². The number of carbonyl (C=O) groups excluding carboxylic acids is 2. The van der Waals surface area contributed by atoms with Crippen LogP contribution in [0, 0.1) is 11.7 Å². The number of ether oxygens (including phenoxy) is 1. The van der Waals surface area contributed by atoms with Crippen molar-refractivity contribution in [2.24, 2.45) is 5.92 Å². The third-order valence-electron chi connectivity index (χ3n) is 5.83. The first-order chi connectivity index (χ1) is 15.0. The Labute approximate surface area is 189 Å². The van der Waals surface area contributed by atoms with Crippen molar-refractivity contribution in [3.63, 3.8) is 0 Å². The molecule has 2 fully saturated rings. The molecule has 2 heterocycles. The maximum absolute atomic E-state index is 13.8. The van der Waals surface area contributed by atoms with Gasteiger partial charge in [-0.05, 0) is 42.3 Å². The second-order valence-corrected chi connectivity index (χ2v) is 8.69. The summed E-state index contributed by atoms with van der Waals surface area (Å²) in [5.74, 6) is -1.49. The first-order valence-corrected chi connectivity index (χ1v) is 11.2. The zero-order valence-electron chi connectivity index (χ0n) is 17.1. The summed E-state index contributed by atoms with van der Waals surface area (Å²) in [6, 6.07) is 13.8. The number of nitrogens with zero attached hydrogens (tertiary/aromatic N) is 2. The lowest BCUT2D eigenvalue weighted by Gasteiger charge is -2.35. The molecule has 2 aromatic carbocycles. The summed E-state index contributed by atoms with van der Waals surface area (Å²) in [7, 11) is 0. The second kappa shape index (κ2) is 9.89. The Kier molecular flexibility index (Phi) is 6.99. The predicted molar refractivity (Wildman–Crippen MR) is 119 cm³/mol. The van der Waals surface area contributed by atoms with E-state index >= 15 is 0 Å². The van der Waals surface area contributed by atoms with E-state index < -0.39 is 5.92 Å². The Morgan fingerprint density at radius 3 is 2.68 bits per heavy atom. The van der Waals surface area contributed by atoms with E-state index in [9.17, 15) is 14.0 Å². The van der Waals surface area contributed by atoms with E-state index in [1.165, 1.54) is 12.1 Å². The molecule has 8 heteroatoms. The van der Waals surface area contributed by atoms with Gasteiger partial charge in [0.05, 0.1) is 19.3 Å². The number of rotatable bonds is 6. The quantitative estimate of drug-likeness (QED) is 0.633. The highest BCUT2D eigenvalue weighted by Gasteiger charge is 2.38. The molecule has 2 aliphatic rings. The Bertz CT molecular complexity index is 951. The Balaban J connectivity index is 1.43. The van der Waals surface area contributed by atoms with E-state index in [4.69, 9.17) is 4.74 Å². The largest absolute Gasteiger partial charge is 0.379 e. The molecule has 0 bridgehead atoms. The van der Waals surface area contributed by atoms with Crippen LogP contribution in [0.1, 0.15) is 18.0 Å². The van der Waals surface area contributed by atoms with Gasteiger partial charge in [-0.3, -0.25) is 14.5 Å². The minimum Gasteiger partial charge on any atom is -0.379 e.